The number of aryl methyl sites for hydroxylation is 1. The van der Waals surface area contributed by atoms with Crippen LogP contribution < -0.4 is 5.73 Å². The van der Waals surface area contributed by atoms with Crippen molar-refractivity contribution >= 4 is 21.6 Å². The van der Waals surface area contributed by atoms with Gasteiger partial charge in [0.1, 0.15) is 5.69 Å². The number of nitrogen functional groups attached to an aromatic ring is 1. The summed E-state index contributed by atoms with van der Waals surface area (Å²) in [5.74, 6) is 0.519. The maximum absolute atomic E-state index is 13.2. The van der Waals surface area contributed by atoms with Crippen molar-refractivity contribution in [2.24, 2.45) is 13.0 Å². The Hall–Kier alpha value is -3.27. The summed E-state index contributed by atoms with van der Waals surface area (Å²) in [4.78, 5) is 23.9. The molecule has 10 heteroatoms. The second-order valence-corrected chi connectivity index (χ2v) is 10.6. The number of sulfone groups is 1. The zero-order chi connectivity index (χ0) is 22.8. The van der Waals surface area contributed by atoms with E-state index in [-0.39, 0.29) is 28.2 Å². The van der Waals surface area contributed by atoms with E-state index in [0.29, 0.717) is 40.7 Å². The lowest BCUT2D eigenvalue weighted by Gasteiger charge is -2.24. The molecule has 0 radical (unpaired) electrons. The summed E-state index contributed by atoms with van der Waals surface area (Å²) >= 11 is 0. The molecule has 32 heavy (non-hydrogen) atoms. The molecule has 1 atom stereocenters. The van der Waals surface area contributed by atoms with Crippen LogP contribution in [0.3, 0.4) is 0 Å². The zero-order valence-electron chi connectivity index (χ0n) is 18.1. The number of rotatable bonds is 5. The summed E-state index contributed by atoms with van der Waals surface area (Å²) in [6, 6.07) is 5.22. The van der Waals surface area contributed by atoms with Gasteiger partial charge in [0.15, 0.2) is 15.7 Å². The number of benzene rings is 1. The van der Waals surface area contributed by atoms with E-state index in [1.54, 1.807) is 28.9 Å². The van der Waals surface area contributed by atoms with Crippen LogP contribution in [0.2, 0.25) is 0 Å². The van der Waals surface area contributed by atoms with Gasteiger partial charge in [0.25, 0.3) is 5.91 Å². The minimum atomic E-state index is -3.65. The monoisotopic (exact) mass is 452 g/mol. The minimum Gasteiger partial charge on any atom is -0.382 e. The highest BCUT2D eigenvalue weighted by molar-refractivity contribution is 7.90. The highest BCUT2D eigenvalue weighted by Crippen LogP contribution is 2.40. The maximum Gasteiger partial charge on any atom is 0.256 e. The van der Waals surface area contributed by atoms with Crippen LogP contribution in [-0.4, -0.2) is 51.3 Å². The van der Waals surface area contributed by atoms with Crippen LogP contribution in [0.25, 0.3) is 22.6 Å². The first-order valence-corrected chi connectivity index (χ1v) is 12.3. The lowest BCUT2D eigenvalue weighted by molar-refractivity contribution is 0.0694. The van der Waals surface area contributed by atoms with Crippen molar-refractivity contribution in [3.63, 3.8) is 0 Å². The Morgan fingerprint density at radius 2 is 2.00 bits per heavy atom. The standard InChI is InChI=1S/C22H24N6O3S/c1-12(13-4-5-13)28-11-15-8-14(9-18(32(3,30)31)19(15)22(28)29)16-10-24-21(23)20(26-16)17-6-7-25-27(17)2/h6-10,12-13H,4-5,11H2,1-3H3,(H2,23,24). The van der Waals surface area contributed by atoms with Crippen LogP contribution >= 0.6 is 0 Å². The summed E-state index contributed by atoms with van der Waals surface area (Å²) in [7, 11) is -1.87. The van der Waals surface area contributed by atoms with Crippen molar-refractivity contribution < 1.29 is 13.2 Å². The third kappa shape index (κ3) is 3.35. The number of anilines is 1. The fourth-order valence-electron chi connectivity index (χ4n) is 4.37. The first-order valence-electron chi connectivity index (χ1n) is 10.4. The zero-order valence-corrected chi connectivity index (χ0v) is 18.9. The van der Waals surface area contributed by atoms with E-state index < -0.39 is 9.84 Å². The summed E-state index contributed by atoms with van der Waals surface area (Å²) in [6.45, 7) is 2.42. The number of carbonyl (C=O) groups is 1. The summed E-state index contributed by atoms with van der Waals surface area (Å²) in [5.41, 5.74) is 9.24. The molecular weight excluding hydrogens is 428 g/mol. The molecule has 1 unspecified atom stereocenters. The lowest BCUT2D eigenvalue weighted by atomic mass is 10.0. The van der Waals surface area contributed by atoms with Gasteiger partial charge in [0, 0.05) is 37.7 Å². The van der Waals surface area contributed by atoms with E-state index >= 15 is 0 Å². The van der Waals surface area contributed by atoms with Crippen LogP contribution in [0.5, 0.6) is 0 Å². The van der Waals surface area contributed by atoms with E-state index in [0.717, 1.165) is 19.1 Å². The van der Waals surface area contributed by atoms with Crippen LogP contribution in [0, 0.1) is 5.92 Å². The molecule has 1 fully saturated rings. The van der Waals surface area contributed by atoms with Gasteiger partial charge in [-0.3, -0.25) is 9.48 Å². The van der Waals surface area contributed by atoms with Crippen LogP contribution in [-0.2, 0) is 23.4 Å². The number of fused-ring (bicyclic) bond motifs is 1. The van der Waals surface area contributed by atoms with Crippen molar-refractivity contribution in [3.8, 4) is 22.6 Å². The summed E-state index contributed by atoms with van der Waals surface area (Å²) in [6.07, 6.45) is 6.49. The third-order valence-corrected chi connectivity index (χ3v) is 7.48. The molecule has 3 aromatic rings. The van der Waals surface area contributed by atoms with E-state index in [1.807, 2.05) is 13.0 Å². The summed E-state index contributed by atoms with van der Waals surface area (Å²) < 4.78 is 27.0. The van der Waals surface area contributed by atoms with Crippen molar-refractivity contribution in [1.29, 1.82) is 0 Å². The predicted octanol–water partition coefficient (Wildman–Crippen LogP) is 2.28. The topological polar surface area (TPSA) is 124 Å². The number of hydrogen-bond acceptors (Lipinski definition) is 7. The second kappa shape index (κ2) is 7.13. The molecule has 1 saturated carbocycles. The van der Waals surface area contributed by atoms with Crippen LogP contribution in [0.4, 0.5) is 5.82 Å². The smallest absolute Gasteiger partial charge is 0.256 e. The highest BCUT2D eigenvalue weighted by Gasteiger charge is 2.40. The van der Waals surface area contributed by atoms with Crippen molar-refractivity contribution in [1.82, 2.24) is 24.6 Å². The van der Waals surface area contributed by atoms with Gasteiger partial charge in [-0.2, -0.15) is 5.10 Å². The number of carbonyl (C=O) groups excluding carboxylic acids is 1. The van der Waals surface area contributed by atoms with Gasteiger partial charge >= 0.3 is 0 Å². The molecule has 5 rings (SSSR count). The van der Waals surface area contributed by atoms with Gasteiger partial charge in [0.2, 0.25) is 0 Å². The number of nitrogens with zero attached hydrogens (tertiary/aromatic N) is 5. The first-order chi connectivity index (χ1) is 15.1. The molecule has 1 aromatic carbocycles. The van der Waals surface area contributed by atoms with Gasteiger partial charge < -0.3 is 10.6 Å². The number of nitrogens with two attached hydrogens (primary N) is 1. The predicted molar refractivity (Wildman–Crippen MR) is 119 cm³/mol. The van der Waals surface area contributed by atoms with E-state index in [1.165, 1.54) is 12.3 Å². The maximum atomic E-state index is 13.2. The van der Waals surface area contributed by atoms with Gasteiger partial charge in [-0.05, 0) is 49.4 Å². The number of hydrogen-bond donors (Lipinski definition) is 1. The van der Waals surface area contributed by atoms with Gasteiger partial charge in [0.05, 0.1) is 28.0 Å². The van der Waals surface area contributed by atoms with Crippen molar-refractivity contribution in [2.75, 3.05) is 12.0 Å². The van der Waals surface area contributed by atoms with Gasteiger partial charge in [-0.15, -0.1) is 0 Å². The quantitative estimate of drug-likeness (QED) is 0.630. The molecule has 1 amide bonds. The molecule has 0 bridgehead atoms. The highest BCUT2D eigenvalue weighted by atomic mass is 32.2. The first kappa shape index (κ1) is 20.6. The Kier molecular flexibility index (Phi) is 4.59. The van der Waals surface area contributed by atoms with Gasteiger partial charge in [-0.25, -0.2) is 18.4 Å². The molecule has 2 N–H and O–H groups in total. The van der Waals surface area contributed by atoms with Crippen molar-refractivity contribution in [3.05, 3.63) is 41.7 Å². The Morgan fingerprint density at radius 3 is 2.62 bits per heavy atom. The SMILES string of the molecule is CC(C1CC1)N1Cc2cc(-c3cnc(N)c(-c4ccnn4C)n3)cc(S(C)(=O)=O)c2C1=O. The minimum absolute atomic E-state index is 0.0289. The average molecular weight is 453 g/mol. The fourth-order valence-corrected chi connectivity index (χ4v) is 5.30. The van der Waals surface area contributed by atoms with E-state index in [2.05, 4.69) is 15.1 Å². The second-order valence-electron chi connectivity index (χ2n) is 8.62. The fraction of sp³-hybridized carbons (Fsp3) is 0.364. The molecular formula is C22H24N6O3S. The summed E-state index contributed by atoms with van der Waals surface area (Å²) in [5, 5.41) is 4.15. The van der Waals surface area contributed by atoms with Crippen LogP contribution in [0.1, 0.15) is 35.7 Å². The van der Waals surface area contributed by atoms with Crippen molar-refractivity contribution in [2.45, 2.75) is 37.2 Å². The molecule has 2 aliphatic rings. The molecule has 9 nitrogen and oxygen atoms in total. The molecule has 166 valence electrons. The normalized spacial score (nSPS) is 17.0. The van der Waals surface area contributed by atoms with E-state index in [9.17, 15) is 13.2 Å². The van der Waals surface area contributed by atoms with Gasteiger partial charge in [-0.1, -0.05) is 0 Å². The molecule has 3 heterocycles. The molecule has 0 spiro atoms. The lowest BCUT2D eigenvalue weighted by Crippen LogP contribution is -2.35. The number of amides is 1. The molecule has 1 aliphatic heterocycles. The Balaban J connectivity index is 1.64. The molecule has 0 saturated heterocycles. The third-order valence-electron chi connectivity index (χ3n) is 6.35. The average Bonchev–Trinajstić information content (AvgIpc) is 3.43. The Morgan fingerprint density at radius 1 is 1.25 bits per heavy atom. The number of aromatic nitrogens is 4. The molecule has 1 aliphatic carbocycles. The molecule has 2 aromatic heterocycles. The Bertz CT molecular complexity index is 1360. The van der Waals surface area contributed by atoms with Crippen LogP contribution in [0.15, 0.2) is 35.5 Å². The van der Waals surface area contributed by atoms with E-state index in [4.69, 9.17) is 5.73 Å². The Labute approximate surface area is 186 Å². The largest absolute Gasteiger partial charge is 0.382 e.